The molecule has 2 rings (SSSR count). The predicted molar refractivity (Wildman–Crippen MR) is 98.6 cm³/mol. The number of halogens is 3. The zero-order chi connectivity index (χ0) is 19.7. The van der Waals surface area contributed by atoms with E-state index in [1.165, 1.54) is 18.3 Å². The molecular formula is C19H18F3N3O2. The number of methoxy groups -OCH3 is 1. The Hall–Kier alpha value is -3.29. The summed E-state index contributed by atoms with van der Waals surface area (Å²) in [5.41, 5.74) is 2.54. The van der Waals surface area contributed by atoms with Crippen LogP contribution in [-0.4, -0.2) is 25.8 Å². The Morgan fingerprint density at radius 2 is 1.96 bits per heavy atom. The highest BCUT2D eigenvalue weighted by Crippen LogP contribution is 2.30. The van der Waals surface area contributed by atoms with Gasteiger partial charge in [0, 0.05) is 17.5 Å². The van der Waals surface area contributed by atoms with E-state index in [1.54, 1.807) is 19.3 Å². The summed E-state index contributed by atoms with van der Waals surface area (Å²) in [6, 6.07) is 12.0. The fourth-order valence-corrected chi connectivity index (χ4v) is 2.13. The maximum atomic E-state index is 12.6. The van der Waals surface area contributed by atoms with E-state index in [1.807, 2.05) is 24.3 Å². The lowest BCUT2D eigenvalue weighted by atomic mass is 10.2. The Morgan fingerprint density at radius 3 is 2.70 bits per heavy atom. The summed E-state index contributed by atoms with van der Waals surface area (Å²) in [7, 11) is 1.57. The topological polar surface area (TPSA) is 62.7 Å². The van der Waals surface area contributed by atoms with Crippen molar-refractivity contribution in [1.82, 2.24) is 5.43 Å². The van der Waals surface area contributed by atoms with Crippen molar-refractivity contribution in [3.05, 3.63) is 65.7 Å². The molecule has 2 N–H and O–H groups in total. The third kappa shape index (κ3) is 6.50. The van der Waals surface area contributed by atoms with Gasteiger partial charge in [-0.15, -0.1) is 0 Å². The largest absolute Gasteiger partial charge is 0.496 e. The van der Waals surface area contributed by atoms with Crippen LogP contribution in [-0.2, 0) is 11.0 Å². The van der Waals surface area contributed by atoms with Gasteiger partial charge in [-0.3, -0.25) is 4.79 Å². The summed E-state index contributed by atoms with van der Waals surface area (Å²) in [6.45, 7) is -0.213. The van der Waals surface area contributed by atoms with Gasteiger partial charge in [-0.25, -0.2) is 5.43 Å². The van der Waals surface area contributed by atoms with E-state index >= 15 is 0 Å². The van der Waals surface area contributed by atoms with Gasteiger partial charge in [-0.1, -0.05) is 24.3 Å². The molecule has 0 aliphatic carbocycles. The number of ether oxygens (including phenoxy) is 1. The highest BCUT2D eigenvalue weighted by atomic mass is 19.4. The van der Waals surface area contributed by atoms with Crippen LogP contribution in [0.25, 0.3) is 6.08 Å². The zero-order valence-corrected chi connectivity index (χ0v) is 14.5. The van der Waals surface area contributed by atoms with Crippen molar-refractivity contribution in [2.75, 3.05) is 19.0 Å². The summed E-state index contributed by atoms with van der Waals surface area (Å²) < 4.78 is 43.1. The standard InChI is InChI=1S/C19H18F3N3O2/c1-27-17-10-3-2-6-14(17)7-5-11-24-25-18(26)13-23-16-9-4-8-15(12-16)19(20,21)22/h2-12,23H,13H2,1H3,(H,25,26)/b7-5+,24-11-. The van der Waals surface area contributed by atoms with Crippen molar-refractivity contribution in [3.8, 4) is 5.75 Å². The number of hydrogen-bond donors (Lipinski definition) is 2. The third-order valence-electron chi connectivity index (χ3n) is 3.41. The minimum atomic E-state index is -4.43. The lowest BCUT2D eigenvalue weighted by Gasteiger charge is -2.09. The number of nitrogens with zero attached hydrogens (tertiary/aromatic N) is 1. The van der Waals surface area contributed by atoms with Crippen molar-refractivity contribution < 1.29 is 22.7 Å². The molecule has 0 unspecified atom stereocenters. The fraction of sp³-hybridized carbons (Fsp3) is 0.158. The van der Waals surface area contributed by atoms with E-state index in [0.29, 0.717) is 5.75 Å². The van der Waals surface area contributed by atoms with Gasteiger partial charge in [0.15, 0.2) is 0 Å². The normalized spacial score (nSPS) is 11.7. The highest BCUT2D eigenvalue weighted by Gasteiger charge is 2.30. The van der Waals surface area contributed by atoms with Crippen molar-refractivity contribution in [2.24, 2.45) is 5.10 Å². The molecule has 2 aromatic rings. The average Bonchev–Trinajstić information content (AvgIpc) is 2.66. The van der Waals surface area contributed by atoms with Crippen molar-refractivity contribution in [3.63, 3.8) is 0 Å². The third-order valence-corrected chi connectivity index (χ3v) is 3.41. The lowest BCUT2D eigenvalue weighted by molar-refractivity contribution is -0.137. The highest BCUT2D eigenvalue weighted by molar-refractivity contribution is 5.83. The van der Waals surface area contributed by atoms with Gasteiger partial charge in [0.2, 0.25) is 0 Å². The van der Waals surface area contributed by atoms with Gasteiger partial charge in [0.25, 0.3) is 5.91 Å². The van der Waals surface area contributed by atoms with Gasteiger partial charge in [-0.05, 0) is 36.4 Å². The minimum Gasteiger partial charge on any atom is -0.496 e. The monoisotopic (exact) mass is 377 g/mol. The molecule has 27 heavy (non-hydrogen) atoms. The van der Waals surface area contributed by atoms with Crippen LogP contribution in [0.1, 0.15) is 11.1 Å². The molecule has 5 nitrogen and oxygen atoms in total. The summed E-state index contributed by atoms with van der Waals surface area (Å²) >= 11 is 0. The van der Waals surface area contributed by atoms with Crippen LogP contribution in [0, 0.1) is 0 Å². The SMILES string of the molecule is COc1ccccc1/C=C/C=N\NC(=O)CNc1cccc(C(F)(F)F)c1. The van der Waals surface area contributed by atoms with Crippen LogP contribution in [0.3, 0.4) is 0 Å². The number of benzene rings is 2. The number of amides is 1. The van der Waals surface area contributed by atoms with Crippen molar-refractivity contribution in [2.45, 2.75) is 6.18 Å². The van der Waals surface area contributed by atoms with Crippen LogP contribution in [0.15, 0.2) is 59.7 Å². The first-order valence-electron chi connectivity index (χ1n) is 7.93. The number of allylic oxidation sites excluding steroid dienone is 1. The molecule has 0 bridgehead atoms. The molecule has 8 heteroatoms. The first-order valence-corrected chi connectivity index (χ1v) is 7.93. The molecule has 0 aliphatic heterocycles. The van der Waals surface area contributed by atoms with Crippen LogP contribution in [0.2, 0.25) is 0 Å². The van der Waals surface area contributed by atoms with Gasteiger partial charge in [0.1, 0.15) is 5.75 Å². The summed E-state index contributed by atoms with van der Waals surface area (Å²) in [5, 5.41) is 6.36. The Bertz CT molecular complexity index is 833. The van der Waals surface area contributed by atoms with E-state index in [0.717, 1.165) is 17.7 Å². The predicted octanol–water partition coefficient (Wildman–Crippen LogP) is 3.94. The maximum Gasteiger partial charge on any atom is 0.416 e. The maximum absolute atomic E-state index is 12.6. The molecular weight excluding hydrogens is 359 g/mol. The van der Waals surface area contributed by atoms with Crippen LogP contribution in [0.4, 0.5) is 18.9 Å². The number of para-hydroxylation sites is 1. The van der Waals surface area contributed by atoms with Crippen LogP contribution >= 0.6 is 0 Å². The minimum absolute atomic E-state index is 0.194. The number of hydrazone groups is 1. The lowest BCUT2D eigenvalue weighted by Crippen LogP contribution is -2.25. The van der Waals surface area contributed by atoms with Gasteiger partial charge in [0.05, 0.1) is 19.2 Å². The van der Waals surface area contributed by atoms with E-state index in [4.69, 9.17) is 4.74 Å². The number of nitrogens with one attached hydrogen (secondary N) is 2. The van der Waals surface area contributed by atoms with Gasteiger partial charge in [-0.2, -0.15) is 18.3 Å². The number of alkyl halides is 3. The molecule has 0 fully saturated rings. The fourth-order valence-electron chi connectivity index (χ4n) is 2.13. The molecule has 0 aromatic heterocycles. The molecule has 142 valence electrons. The molecule has 0 radical (unpaired) electrons. The molecule has 0 atom stereocenters. The average molecular weight is 377 g/mol. The summed E-state index contributed by atoms with van der Waals surface area (Å²) in [5.74, 6) is 0.214. The molecule has 0 heterocycles. The number of anilines is 1. The van der Waals surface area contributed by atoms with E-state index in [9.17, 15) is 18.0 Å². The van der Waals surface area contributed by atoms with Gasteiger partial charge < -0.3 is 10.1 Å². The van der Waals surface area contributed by atoms with Crippen LogP contribution in [0.5, 0.6) is 5.75 Å². The van der Waals surface area contributed by atoms with E-state index in [-0.39, 0.29) is 12.2 Å². The Labute approximate surface area is 154 Å². The second kappa shape index (κ2) is 9.42. The molecule has 1 amide bonds. The number of carbonyl (C=O) groups excluding carboxylic acids is 1. The van der Waals surface area contributed by atoms with Crippen LogP contribution < -0.4 is 15.5 Å². The quantitative estimate of drug-likeness (QED) is 0.568. The smallest absolute Gasteiger partial charge is 0.416 e. The molecule has 0 saturated heterocycles. The number of hydrogen-bond acceptors (Lipinski definition) is 4. The number of carbonyl (C=O) groups is 1. The summed E-state index contributed by atoms with van der Waals surface area (Å²) in [6.07, 6.45) is 0.334. The first kappa shape index (κ1) is 20.0. The van der Waals surface area contributed by atoms with E-state index in [2.05, 4.69) is 15.8 Å². The zero-order valence-electron chi connectivity index (χ0n) is 14.5. The van der Waals surface area contributed by atoms with Crippen molar-refractivity contribution in [1.29, 1.82) is 0 Å². The summed E-state index contributed by atoms with van der Waals surface area (Å²) in [4.78, 5) is 11.7. The Morgan fingerprint density at radius 1 is 1.19 bits per heavy atom. The van der Waals surface area contributed by atoms with Crippen molar-refractivity contribution >= 4 is 23.9 Å². The molecule has 0 aliphatic rings. The second-order valence-corrected chi connectivity index (χ2v) is 5.35. The number of rotatable bonds is 7. The molecule has 0 saturated carbocycles. The molecule has 0 spiro atoms. The molecule has 2 aromatic carbocycles. The van der Waals surface area contributed by atoms with Gasteiger partial charge >= 0.3 is 6.18 Å². The van der Waals surface area contributed by atoms with E-state index < -0.39 is 17.6 Å². The second-order valence-electron chi connectivity index (χ2n) is 5.35. The Balaban J connectivity index is 1.81. The Kier molecular flexibility index (Phi) is 6.99. The first-order chi connectivity index (χ1) is 12.9.